The molecule has 112 valence electrons. The minimum absolute atomic E-state index is 0.0759. The van der Waals surface area contributed by atoms with Gasteiger partial charge in [-0.1, -0.05) is 41.4 Å². The van der Waals surface area contributed by atoms with Crippen LogP contribution in [0.4, 0.5) is 0 Å². The maximum absolute atomic E-state index is 12.3. The highest BCUT2D eigenvalue weighted by molar-refractivity contribution is 7.87. The van der Waals surface area contributed by atoms with Crippen LogP contribution in [-0.2, 0) is 10.1 Å². The van der Waals surface area contributed by atoms with Gasteiger partial charge in [-0.2, -0.15) is 8.42 Å². The molecular formula is C14H12Cl2O4S. The molecule has 0 aliphatic carbocycles. The van der Waals surface area contributed by atoms with Crippen LogP contribution in [0, 0.1) is 0 Å². The van der Waals surface area contributed by atoms with Gasteiger partial charge in [0.1, 0.15) is 4.90 Å². The normalized spacial score (nSPS) is 11.2. The molecule has 0 unspecified atom stereocenters. The maximum Gasteiger partial charge on any atom is 0.340 e. The molecular weight excluding hydrogens is 335 g/mol. The first-order valence-corrected chi connectivity index (χ1v) is 8.22. The first-order valence-electron chi connectivity index (χ1n) is 6.06. The standard InChI is InChI=1S/C14H12Cl2O4S/c1-2-19-11-7-3-4-8-12(11)20-21(17,18)13-9-5-6-10(15)14(13)16/h3-9H,2H2,1H3. The van der Waals surface area contributed by atoms with Crippen molar-refractivity contribution in [2.75, 3.05) is 6.61 Å². The SMILES string of the molecule is CCOc1ccccc1OS(=O)(=O)c1cccc(Cl)c1Cl. The molecule has 0 bridgehead atoms. The van der Waals surface area contributed by atoms with Crippen LogP contribution in [-0.4, -0.2) is 15.0 Å². The Morgan fingerprint density at radius 3 is 2.33 bits per heavy atom. The molecule has 0 aliphatic rings. The van der Waals surface area contributed by atoms with E-state index in [1.807, 2.05) is 0 Å². The predicted octanol–water partition coefficient (Wildman–Crippen LogP) is 4.16. The molecule has 2 aromatic carbocycles. The molecule has 0 saturated heterocycles. The maximum atomic E-state index is 12.3. The largest absolute Gasteiger partial charge is 0.490 e. The van der Waals surface area contributed by atoms with Crippen LogP contribution in [0.2, 0.25) is 10.0 Å². The van der Waals surface area contributed by atoms with Crippen LogP contribution in [0.1, 0.15) is 6.92 Å². The van der Waals surface area contributed by atoms with Crippen molar-refractivity contribution < 1.29 is 17.3 Å². The molecule has 0 atom stereocenters. The molecule has 7 heteroatoms. The first-order chi connectivity index (χ1) is 9.95. The van der Waals surface area contributed by atoms with E-state index in [0.717, 1.165) is 0 Å². The topological polar surface area (TPSA) is 52.6 Å². The number of ether oxygens (including phenoxy) is 1. The van der Waals surface area contributed by atoms with Gasteiger partial charge in [0.05, 0.1) is 16.7 Å². The summed E-state index contributed by atoms with van der Waals surface area (Å²) < 4.78 is 35.1. The van der Waals surface area contributed by atoms with Crippen molar-refractivity contribution in [2.24, 2.45) is 0 Å². The highest BCUT2D eigenvalue weighted by atomic mass is 35.5. The van der Waals surface area contributed by atoms with Gasteiger partial charge in [0.25, 0.3) is 0 Å². The summed E-state index contributed by atoms with van der Waals surface area (Å²) >= 11 is 11.7. The van der Waals surface area contributed by atoms with Gasteiger partial charge in [-0.15, -0.1) is 0 Å². The quantitative estimate of drug-likeness (QED) is 0.762. The summed E-state index contributed by atoms with van der Waals surface area (Å²) in [6.45, 7) is 2.18. The number of para-hydroxylation sites is 2. The fraction of sp³-hybridized carbons (Fsp3) is 0.143. The molecule has 2 aromatic rings. The summed E-state index contributed by atoms with van der Waals surface area (Å²) in [7, 11) is -4.10. The summed E-state index contributed by atoms with van der Waals surface area (Å²) in [5.41, 5.74) is 0. The average molecular weight is 347 g/mol. The zero-order valence-corrected chi connectivity index (χ0v) is 13.4. The minimum atomic E-state index is -4.10. The molecule has 0 N–H and O–H groups in total. The molecule has 2 rings (SSSR count). The monoisotopic (exact) mass is 346 g/mol. The van der Waals surface area contributed by atoms with Crippen LogP contribution in [0.5, 0.6) is 11.5 Å². The van der Waals surface area contributed by atoms with Crippen LogP contribution in [0.3, 0.4) is 0 Å². The van der Waals surface area contributed by atoms with E-state index in [-0.39, 0.29) is 20.7 Å². The van der Waals surface area contributed by atoms with E-state index in [9.17, 15) is 8.42 Å². The van der Waals surface area contributed by atoms with Crippen molar-refractivity contribution in [3.63, 3.8) is 0 Å². The molecule has 0 amide bonds. The van der Waals surface area contributed by atoms with Gasteiger partial charge in [0.2, 0.25) is 0 Å². The zero-order chi connectivity index (χ0) is 15.5. The number of benzene rings is 2. The second-order valence-corrected chi connectivity index (χ2v) is 6.27. The van der Waals surface area contributed by atoms with Gasteiger partial charge in [-0.25, -0.2) is 0 Å². The molecule has 0 fully saturated rings. The van der Waals surface area contributed by atoms with E-state index in [4.69, 9.17) is 32.1 Å². The van der Waals surface area contributed by atoms with E-state index in [1.54, 1.807) is 25.1 Å². The van der Waals surface area contributed by atoms with E-state index in [0.29, 0.717) is 12.4 Å². The summed E-state index contributed by atoms with van der Waals surface area (Å²) in [6, 6.07) is 10.8. The lowest BCUT2D eigenvalue weighted by Crippen LogP contribution is -2.11. The van der Waals surface area contributed by atoms with Crippen molar-refractivity contribution in [2.45, 2.75) is 11.8 Å². The molecule has 0 spiro atoms. The number of rotatable bonds is 5. The second kappa shape index (κ2) is 6.56. The fourth-order valence-electron chi connectivity index (χ4n) is 1.63. The lowest BCUT2D eigenvalue weighted by atomic mass is 10.3. The Bertz CT molecular complexity index is 744. The Balaban J connectivity index is 2.40. The average Bonchev–Trinajstić information content (AvgIpc) is 2.44. The van der Waals surface area contributed by atoms with Gasteiger partial charge >= 0.3 is 10.1 Å². The Hall–Kier alpha value is -1.43. The second-order valence-electron chi connectivity index (χ2n) is 3.97. The molecule has 0 aliphatic heterocycles. The van der Waals surface area contributed by atoms with Crippen LogP contribution in [0.25, 0.3) is 0 Å². The van der Waals surface area contributed by atoms with Crippen molar-refractivity contribution in [3.8, 4) is 11.5 Å². The van der Waals surface area contributed by atoms with Crippen LogP contribution in [0.15, 0.2) is 47.4 Å². The third kappa shape index (κ3) is 3.61. The van der Waals surface area contributed by atoms with Crippen LogP contribution < -0.4 is 8.92 Å². The number of halogens is 2. The Labute approximate surface area is 133 Å². The molecule has 21 heavy (non-hydrogen) atoms. The lowest BCUT2D eigenvalue weighted by Gasteiger charge is -2.12. The van der Waals surface area contributed by atoms with Gasteiger partial charge in [-0.05, 0) is 31.2 Å². The highest BCUT2D eigenvalue weighted by Gasteiger charge is 2.23. The van der Waals surface area contributed by atoms with Gasteiger partial charge in [0.15, 0.2) is 11.5 Å². The van der Waals surface area contributed by atoms with Crippen molar-refractivity contribution >= 4 is 33.3 Å². The van der Waals surface area contributed by atoms with E-state index >= 15 is 0 Å². The highest BCUT2D eigenvalue weighted by Crippen LogP contribution is 2.33. The van der Waals surface area contributed by atoms with Crippen LogP contribution >= 0.6 is 23.2 Å². The van der Waals surface area contributed by atoms with E-state index in [1.165, 1.54) is 24.3 Å². The third-order valence-corrected chi connectivity index (χ3v) is 4.74. The molecule has 0 radical (unpaired) electrons. The Morgan fingerprint density at radius 2 is 1.67 bits per heavy atom. The Morgan fingerprint density at radius 1 is 1.00 bits per heavy atom. The van der Waals surface area contributed by atoms with Gasteiger partial charge in [-0.3, -0.25) is 0 Å². The zero-order valence-electron chi connectivity index (χ0n) is 11.0. The summed E-state index contributed by atoms with van der Waals surface area (Å²) in [4.78, 5) is -0.192. The lowest BCUT2D eigenvalue weighted by molar-refractivity contribution is 0.327. The molecule has 0 saturated carbocycles. The van der Waals surface area contributed by atoms with E-state index in [2.05, 4.69) is 0 Å². The van der Waals surface area contributed by atoms with E-state index < -0.39 is 10.1 Å². The Kier molecular flexibility index (Phi) is 4.98. The van der Waals surface area contributed by atoms with Gasteiger partial charge in [0, 0.05) is 0 Å². The van der Waals surface area contributed by atoms with Crippen molar-refractivity contribution in [3.05, 3.63) is 52.5 Å². The molecule has 4 nitrogen and oxygen atoms in total. The summed E-state index contributed by atoms with van der Waals surface area (Å²) in [5, 5.41) is 0.0625. The molecule has 0 aromatic heterocycles. The third-order valence-electron chi connectivity index (χ3n) is 2.53. The van der Waals surface area contributed by atoms with Gasteiger partial charge < -0.3 is 8.92 Å². The first kappa shape index (κ1) is 15.9. The smallest absolute Gasteiger partial charge is 0.340 e. The minimum Gasteiger partial charge on any atom is -0.490 e. The predicted molar refractivity (Wildman–Crippen MR) is 81.9 cm³/mol. The fourth-order valence-corrected chi connectivity index (χ4v) is 3.31. The number of hydrogen-bond donors (Lipinski definition) is 0. The van der Waals surface area contributed by atoms with Crippen molar-refractivity contribution in [1.82, 2.24) is 0 Å². The summed E-state index contributed by atoms with van der Waals surface area (Å²) in [5.74, 6) is 0.428. The molecule has 0 heterocycles. The summed E-state index contributed by atoms with van der Waals surface area (Å²) in [6.07, 6.45) is 0. The number of hydrogen-bond acceptors (Lipinski definition) is 4. The van der Waals surface area contributed by atoms with Crippen molar-refractivity contribution in [1.29, 1.82) is 0 Å².